The van der Waals surface area contributed by atoms with Crippen molar-refractivity contribution < 1.29 is 9.53 Å². The first kappa shape index (κ1) is 12.5. The van der Waals surface area contributed by atoms with Crippen LogP contribution in [0.2, 0.25) is 0 Å². The lowest BCUT2D eigenvalue weighted by Gasteiger charge is -2.31. The van der Waals surface area contributed by atoms with E-state index in [1.807, 2.05) is 13.8 Å². The van der Waals surface area contributed by atoms with Gasteiger partial charge < -0.3 is 15.4 Å². The summed E-state index contributed by atoms with van der Waals surface area (Å²) >= 11 is 0. The van der Waals surface area contributed by atoms with Crippen molar-refractivity contribution in [1.29, 1.82) is 0 Å². The fraction of sp³-hybridized carbons (Fsp3) is 0.909. The molecule has 0 aromatic rings. The molecule has 2 N–H and O–H groups in total. The first-order valence-electron chi connectivity index (χ1n) is 5.82. The first-order chi connectivity index (χ1) is 7.25. The number of hydrogen-bond acceptors (Lipinski definition) is 3. The second kappa shape index (κ2) is 6.80. The van der Waals surface area contributed by atoms with Crippen LogP contribution in [0.4, 0.5) is 0 Å². The monoisotopic (exact) mass is 214 g/mol. The van der Waals surface area contributed by atoms with E-state index in [2.05, 4.69) is 10.6 Å². The zero-order chi connectivity index (χ0) is 11.1. The van der Waals surface area contributed by atoms with E-state index in [0.29, 0.717) is 5.92 Å². The van der Waals surface area contributed by atoms with E-state index in [1.165, 1.54) is 0 Å². The van der Waals surface area contributed by atoms with Crippen molar-refractivity contribution in [2.24, 2.45) is 11.8 Å². The Balaban J connectivity index is 2.02. The van der Waals surface area contributed by atoms with Gasteiger partial charge >= 0.3 is 0 Å². The Kier molecular flexibility index (Phi) is 5.65. The summed E-state index contributed by atoms with van der Waals surface area (Å²) in [4.78, 5) is 11.6. The van der Waals surface area contributed by atoms with Gasteiger partial charge in [0.05, 0.1) is 0 Å². The second-order valence-corrected chi connectivity index (χ2v) is 4.05. The molecule has 1 saturated heterocycles. The lowest BCUT2D eigenvalue weighted by atomic mass is 9.88. The number of rotatable bonds is 7. The second-order valence-electron chi connectivity index (χ2n) is 4.05. The fourth-order valence-electron chi connectivity index (χ4n) is 1.57. The first-order valence-corrected chi connectivity index (χ1v) is 5.82. The van der Waals surface area contributed by atoms with Crippen molar-refractivity contribution in [1.82, 2.24) is 10.6 Å². The highest BCUT2D eigenvalue weighted by Gasteiger charge is 2.28. The number of carbonyl (C=O) groups excluding carboxylic acids is 1. The Labute approximate surface area is 91.8 Å². The highest BCUT2D eigenvalue weighted by Crippen LogP contribution is 2.15. The number of nitrogens with one attached hydrogen (secondary N) is 2. The van der Waals surface area contributed by atoms with Crippen LogP contribution < -0.4 is 10.6 Å². The van der Waals surface area contributed by atoms with Gasteiger partial charge in [0.25, 0.3) is 0 Å². The summed E-state index contributed by atoms with van der Waals surface area (Å²) in [7, 11) is 0. The number of amides is 1. The van der Waals surface area contributed by atoms with E-state index in [-0.39, 0.29) is 11.8 Å². The molecule has 1 aliphatic heterocycles. The molecule has 1 unspecified atom stereocenters. The van der Waals surface area contributed by atoms with E-state index in [4.69, 9.17) is 4.74 Å². The van der Waals surface area contributed by atoms with Crippen LogP contribution in [0.5, 0.6) is 0 Å². The molecule has 0 aliphatic carbocycles. The predicted octanol–water partition coefficient (Wildman–Crippen LogP) is 0.385. The quantitative estimate of drug-likeness (QED) is 0.603. The molecular formula is C11H22N2O2. The minimum absolute atomic E-state index is 0.137. The van der Waals surface area contributed by atoms with E-state index in [0.717, 1.165) is 39.3 Å². The van der Waals surface area contributed by atoms with Gasteiger partial charge in [-0.05, 0) is 32.4 Å². The van der Waals surface area contributed by atoms with Crippen molar-refractivity contribution in [3.8, 4) is 0 Å². The van der Waals surface area contributed by atoms with Gasteiger partial charge in [-0.15, -0.1) is 0 Å². The summed E-state index contributed by atoms with van der Waals surface area (Å²) in [6.45, 7) is 8.15. The van der Waals surface area contributed by atoms with Gasteiger partial charge in [-0.25, -0.2) is 0 Å². The molecule has 15 heavy (non-hydrogen) atoms. The topological polar surface area (TPSA) is 50.4 Å². The molecule has 0 radical (unpaired) electrons. The zero-order valence-electron chi connectivity index (χ0n) is 9.71. The minimum atomic E-state index is 0.137. The standard InChI is InChI=1S/C11H22N2O2/c1-3-15-6-4-5-13-11(14)9(2)10-7-12-8-10/h9-10,12H,3-8H2,1-2H3,(H,13,14). The van der Waals surface area contributed by atoms with Crippen molar-refractivity contribution in [3.63, 3.8) is 0 Å². The van der Waals surface area contributed by atoms with E-state index < -0.39 is 0 Å². The normalized spacial score (nSPS) is 18.3. The highest BCUT2D eigenvalue weighted by molar-refractivity contribution is 5.78. The summed E-state index contributed by atoms with van der Waals surface area (Å²) in [5, 5.41) is 6.12. The molecule has 1 aliphatic rings. The van der Waals surface area contributed by atoms with Crippen LogP contribution in [0.15, 0.2) is 0 Å². The third-order valence-corrected chi connectivity index (χ3v) is 2.90. The lowest BCUT2D eigenvalue weighted by molar-refractivity contribution is -0.126. The summed E-state index contributed by atoms with van der Waals surface area (Å²) < 4.78 is 5.19. The molecular weight excluding hydrogens is 192 g/mol. The van der Waals surface area contributed by atoms with Crippen molar-refractivity contribution in [3.05, 3.63) is 0 Å². The molecule has 0 spiro atoms. The van der Waals surface area contributed by atoms with Gasteiger partial charge in [0.15, 0.2) is 0 Å². The Hall–Kier alpha value is -0.610. The van der Waals surface area contributed by atoms with Gasteiger partial charge in [0, 0.05) is 25.7 Å². The van der Waals surface area contributed by atoms with Gasteiger partial charge in [0.1, 0.15) is 0 Å². The maximum absolute atomic E-state index is 11.6. The van der Waals surface area contributed by atoms with Crippen LogP contribution in [-0.4, -0.2) is 38.8 Å². The molecule has 0 aromatic heterocycles. The number of ether oxygens (including phenoxy) is 1. The average Bonchev–Trinajstić information content (AvgIpc) is 2.14. The zero-order valence-corrected chi connectivity index (χ0v) is 9.71. The van der Waals surface area contributed by atoms with Crippen LogP contribution in [-0.2, 0) is 9.53 Å². The lowest BCUT2D eigenvalue weighted by Crippen LogP contribution is -2.49. The molecule has 0 aromatic carbocycles. The Morgan fingerprint density at radius 2 is 2.33 bits per heavy atom. The Morgan fingerprint density at radius 3 is 2.87 bits per heavy atom. The van der Waals surface area contributed by atoms with Gasteiger partial charge in [-0.2, -0.15) is 0 Å². The summed E-state index contributed by atoms with van der Waals surface area (Å²) in [5.41, 5.74) is 0. The SMILES string of the molecule is CCOCCCNC(=O)C(C)C1CNC1. The maximum atomic E-state index is 11.6. The highest BCUT2D eigenvalue weighted by atomic mass is 16.5. The van der Waals surface area contributed by atoms with Crippen molar-refractivity contribution in [2.45, 2.75) is 20.3 Å². The molecule has 1 fully saturated rings. The van der Waals surface area contributed by atoms with Crippen LogP contribution in [0.25, 0.3) is 0 Å². The molecule has 1 atom stereocenters. The number of carbonyl (C=O) groups is 1. The Bertz CT molecular complexity index is 193. The number of hydrogen-bond donors (Lipinski definition) is 2. The van der Waals surface area contributed by atoms with E-state index in [1.54, 1.807) is 0 Å². The third kappa shape index (κ3) is 4.18. The van der Waals surface area contributed by atoms with E-state index >= 15 is 0 Å². The fourth-order valence-corrected chi connectivity index (χ4v) is 1.57. The van der Waals surface area contributed by atoms with E-state index in [9.17, 15) is 4.79 Å². The summed E-state index contributed by atoms with van der Waals surface area (Å²) in [6, 6.07) is 0. The maximum Gasteiger partial charge on any atom is 0.223 e. The summed E-state index contributed by atoms with van der Waals surface area (Å²) in [5.74, 6) is 0.841. The smallest absolute Gasteiger partial charge is 0.223 e. The molecule has 0 bridgehead atoms. The average molecular weight is 214 g/mol. The Morgan fingerprint density at radius 1 is 1.60 bits per heavy atom. The third-order valence-electron chi connectivity index (χ3n) is 2.90. The van der Waals surface area contributed by atoms with Crippen LogP contribution >= 0.6 is 0 Å². The van der Waals surface area contributed by atoms with Crippen molar-refractivity contribution in [2.75, 3.05) is 32.8 Å². The molecule has 4 nitrogen and oxygen atoms in total. The molecule has 4 heteroatoms. The molecule has 1 rings (SSSR count). The molecule has 0 saturated carbocycles. The largest absolute Gasteiger partial charge is 0.382 e. The molecule has 88 valence electrons. The summed E-state index contributed by atoms with van der Waals surface area (Å²) in [6.07, 6.45) is 0.898. The van der Waals surface area contributed by atoms with Gasteiger partial charge in [0.2, 0.25) is 5.91 Å². The van der Waals surface area contributed by atoms with Gasteiger partial charge in [-0.3, -0.25) is 4.79 Å². The molecule has 1 heterocycles. The van der Waals surface area contributed by atoms with Crippen LogP contribution in [0.3, 0.4) is 0 Å². The minimum Gasteiger partial charge on any atom is -0.382 e. The van der Waals surface area contributed by atoms with Gasteiger partial charge in [-0.1, -0.05) is 6.92 Å². The molecule has 1 amide bonds. The predicted molar refractivity (Wildman–Crippen MR) is 59.6 cm³/mol. The van der Waals surface area contributed by atoms with Crippen molar-refractivity contribution >= 4 is 5.91 Å². The van der Waals surface area contributed by atoms with Crippen LogP contribution in [0.1, 0.15) is 20.3 Å². The van der Waals surface area contributed by atoms with Crippen LogP contribution in [0, 0.1) is 11.8 Å².